The summed E-state index contributed by atoms with van der Waals surface area (Å²) in [5, 5.41) is 3.07. The summed E-state index contributed by atoms with van der Waals surface area (Å²) < 4.78 is 2.22. The van der Waals surface area contributed by atoms with Crippen LogP contribution in [0.25, 0.3) is 11.3 Å². The summed E-state index contributed by atoms with van der Waals surface area (Å²) in [5.41, 5.74) is 2.98. The van der Waals surface area contributed by atoms with Crippen molar-refractivity contribution in [1.82, 2.24) is 14.5 Å². The van der Waals surface area contributed by atoms with E-state index in [-0.39, 0.29) is 11.1 Å². The lowest BCUT2D eigenvalue weighted by atomic mass is 10.1. The minimum atomic E-state index is -0.278. The van der Waals surface area contributed by atoms with E-state index in [4.69, 9.17) is 16.6 Å². The number of imidazole rings is 1. The highest BCUT2D eigenvalue weighted by Gasteiger charge is 2.14. The molecular weight excluding hydrogens is 336 g/mol. The molecule has 2 aromatic heterocycles. The van der Waals surface area contributed by atoms with Crippen LogP contribution in [0.1, 0.15) is 29.0 Å². The van der Waals surface area contributed by atoms with Crippen molar-refractivity contribution in [3.8, 4) is 11.3 Å². The second kappa shape index (κ2) is 6.69. The third-order valence-electron chi connectivity index (χ3n) is 4.33. The molecule has 4 rings (SSSR count). The van der Waals surface area contributed by atoms with Gasteiger partial charge in [-0.1, -0.05) is 23.7 Å². The zero-order chi connectivity index (χ0) is 17.2. The summed E-state index contributed by atoms with van der Waals surface area (Å²) in [6, 6.07) is 11.0. The number of aromatic nitrogens is 3. The fourth-order valence-corrected chi connectivity index (χ4v) is 3.27. The van der Waals surface area contributed by atoms with Gasteiger partial charge in [0.05, 0.1) is 11.3 Å². The van der Waals surface area contributed by atoms with Crippen molar-refractivity contribution in [1.29, 1.82) is 0 Å². The largest absolute Gasteiger partial charge is 0.334 e. The molecule has 1 aliphatic rings. The van der Waals surface area contributed by atoms with Gasteiger partial charge in [0.2, 0.25) is 0 Å². The van der Waals surface area contributed by atoms with Crippen LogP contribution in [0.2, 0.25) is 5.15 Å². The first-order valence-electron chi connectivity index (χ1n) is 8.29. The van der Waals surface area contributed by atoms with Crippen molar-refractivity contribution in [3.05, 3.63) is 65.3 Å². The number of carbonyl (C=O) groups is 1. The van der Waals surface area contributed by atoms with Gasteiger partial charge in [-0.2, -0.15) is 0 Å². The summed E-state index contributed by atoms with van der Waals surface area (Å²) >= 11 is 5.99. The van der Waals surface area contributed by atoms with Crippen LogP contribution in [0, 0.1) is 0 Å². The Morgan fingerprint density at radius 2 is 2.12 bits per heavy atom. The van der Waals surface area contributed by atoms with Crippen LogP contribution in [-0.4, -0.2) is 20.4 Å². The smallest absolute Gasteiger partial charge is 0.258 e. The highest BCUT2D eigenvalue weighted by atomic mass is 35.5. The highest BCUT2D eigenvalue weighted by molar-refractivity contribution is 6.33. The number of hydrogen-bond acceptors (Lipinski definition) is 3. The summed E-state index contributed by atoms with van der Waals surface area (Å²) in [4.78, 5) is 21.1. The number of aryl methyl sites for hydroxylation is 2. The third-order valence-corrected chi connectivity index (χ3v) is 4.63. The van der Waals surface area contributed by atoms with Gasteiger partial charge in [-0.15, -0.1) is 0 Å². The first kappa shape index (κ1) is 15.8. The lowest BCUT2D eigenvalue weighted by molar-refractivity contribution is 0.102. The van der Waals surface area contributed by atoms with Gasteiger partial charge in [0, 0.05) is 36.6 Å². The lowest BCUT2D eigenvalue weighted by Crippen LogP contribution is -2.12. The molecule has 1 aliphatic heterocycles. The molecule has 0 saturated carbocycles. The van der Waals surface area contributed by atoms with Crippen LogP contribution in [0.15, 0.2) is 48.8 Å². The van der Waals surface area contributed by atoms with Gasteiger partial charge in [-0.25, -0.2) is 9.97 Å². The van der Waals surface area contributed by atoms with Crippen molar-refractivity contribution >= 4 is 23.2 Å². The van der Waals surface area contributed by atoms with Crippen LogP contribution in [0.5, 0.6) is 0 Å². The van der Waals surface area contributed by atoms with Crippen LogP contribution in [-0.2, 0) is 13.0 Å². The second-order valence-corrected chi connectivity index (χ2v) is 6.43. The fourth-order valence-electron chi connectivity index (χ4n) is 3.06. The van der Waals surface area contributed by atoms with Crippen LogP contribution in [0.4, 0.5) is 5.69 Å². The van der Waals surface area contributed by atoms with Crippen molar-refractivity contribution < 1.29 is 4.79 Å². The maximum absolute atomic E-state index is 12.4. The molecule has 126 valence electrons. The molecular formula is C19H17ClN4O. The van der Waals surface area contributed by atoms with E-state index < -0.39 is 0 Å². The van der Waals surface area contributed by atoms with Gasteiger partial charge in [0.25, 0.3) is 5.91 Å². The number of carbonyl (C=O) groups excluding carboxylic acids is 1. The second-order valence-electron chi connectivity index (χ2n) is 6.07. The molecule has 1 aromatic carbocycles. The molecule has 3 heterocycles. The number of anilines is 1. The zero-order valence-electron chi connectivity index (χ0n) is 13.6. The molecule has 0 fully saturated rings. The summed E-state index contributed by atoms with van der Waals surface area (Å²) in [7, 11) is 0. The van der Waals surface area contributed by atoms with Crippen LogP contribution in [0.3, 0.4) is 0 Å². The van der Waals surface area contributed by atoms with Crippen molar-refractivity contribution in [2.45, 2.75) is 25.8 Å². The maximum Gasteiger partial charge on any atom is 0.258 e. The minimum Gasteiger partial charge on any atom is -0.334 e. The van der Waals surface area contributed by atoms with Crippen molar-refractivity contribution in [2.75, 3.05) is 5.32 Å². The molecule has 6 heteroatoms. The number of hydrogen-bond donors (Lipinski definition) is 1. The van der Waals surface area contributed by atoms with E-state index in [1.807, 2.05) is 24.3 Å². The Morgan fingerprint density at radius 3 is 2.96 bits per heavy atom. The van der Waals surface area contributed by atoms with Crippen LogP contribution >= 0.6 is 11.6 Å². The monoisotopic (exact) mass is 352 g/mol. The van der Waals surface area contributed by atoms with Gasteiger partial charge in [-0.05, 0) is 37.1 Å². The molecule has 1 amide bonds. The highest BCUT2D eigenvalue weighted by Crippen LogP contribution is 2.25. The van der Waals surface area contributed by atoms with Gasteiger partial charge in [-0.3, -0.25) is 4.79 Å². The Balaban J connectivity index is 1.58. The number of rotatable bonds is 3. The van der Waals surface area contributed by atoms with Gasteiger partial charge < -0.3 is 9.88 Å². The van der Waals surface area contributed by atoms with E-state index in [2.05, 4.69) is 21.1 Å². The van der Waals surface area contributed by atoms with E-state index in [1.165, 1.54) is 12.8 Å². The Morgan fingerprint density at radius 1 is 1.20 bits per heavy atom. The predicted molar refractivity (Wildman–Crippen MR) is 97.8 cm³/mol. The number of pyridine rings is 1. The molecule has 0 unspecified atom stereocenters. The maximum atomic E-state index is 12.4. The molecule has 3 aromatic rings. The number of nitrogens with one attached hydrogen (secondary N) is 1. The SMILES string of the molecule is O=C(Nc1cccc(-c2cn3c(n2)CCCC3)c1)c1cccnc1Cl. The van der Waals surface area contributed by atoms with E-state index in [0.717, 1.165) is 30.0 Å². The number of nitrogens with zero attached hydrogens (tertiary/aromatic N) is 3. The molecule has 25 heavy (non-hydrogen) atoms. The molecule has 0 atom stereocenters. The molecule has 0 radical (unpaired) electrons. The fraction of sp³-hybridized carbons (Fsp3) is 0.211. The lowest BCUT2D eigenvalue weighted by Gasteiger charge is -2.11. The predicted octanol–water partition coefficient (Wildman–Crippen LogP) is 4.19. The number of amides is 1. The molecule has 0 saturated heterocycles. The molecule has 0 bridgehead atoms. The minimum absolute atomic E-state index is 0.193. The summed E-state index contributed by atoms with van der Waals surface area (Å²) in [6.45, 7) is 1.03. The molecule has 0 spiro atoms. The molecule has 1 N–H and O–H groups in total. The van der Waals surface area contributed by atoms with E-state index in [1.54, 1.807) is 18.3 Å². The number of benzene rings is 1. The summed E-state index contributed by atoms with van der Waals surface area (Å²) in [5.74, 6) is 0.859. The quantitative estimate of drug-likeness (QED) is 0.719. The van der Waals surface area contributed by atoms with Crippen molar-refractivity contribution in [2.24, 2.45) is 0 Å². The number of fused-ring (bicyclic) bond motifs is 1. The molecule has 0 aliphatic carbocycles. The van der Waals surface area contributed by atoms with E-state index >= 15 is 0 Å². The Kier molecular flexibility index (Phi) is 4.24. The first-order valence-corrected chi connectivity index (χ1v) is 8.67. The Bertz CT molecular complexity index is 911. The van der Waals surface area contributed by atoms with Crippen molar-refractivity contribution in [3.63, 3.8) is 0 Å². The third kappa shape index (κ3) is 3.28. The topological polar surface area (TPSA) is 59.8 Å². The van der Waals surface area contributed by atoms with Gasteiger partial charge in [0.15, 0.2) is 0 Å². The van der Waals surface area contributed by atoms with Crippen LogP contribution < -0.4 is 5.32 Å². The number of halogens is 1. The standard InChI is InChI=1S/C19H17ClN4O/c20-18-15(7-4-9-21-18)19(25)22-14-6-3-5-13(11-14)16-12-24-10-2-1-8-17(24)23-16/h3-7,9,11-12H,1-2,8,10H2,(H,22,25). The average molecular weight is 353 g/mol. The van der Waals surface area contributed by atoms with Gasteiger partial charge in [0.1, 0.15) is 11.0 Å². The van der Waals surface area contributed by atoms with E-state index in [9.17, 15) is 4.79 Å². The molecule has 5 nitrogen and oxygen atoms in total. The first-order chi connectivity index (χ1) is 12.2. The van der Waals surface area contributed by atoms with Gasteiger partial charge >= 0.3 is 0 Å². The zero-order valence-corrected chi connectivity index (χ0v) is 14.3. The Hall–Kier alpha value is -2.66. The average Bonchev–Trinajstić information content (AvgIpc) is 3.06. The normalized spacial score (nSPS) is 13.3. The van der Waals surface area contributed by atoms with E-state index in [0.29, 0.717) is 11.3 Å². The Labute approximate surface area is 150 Å². The summed E-state index contributed by atoms with van der Waals surface area (Å²) in [6.07, 6.45) is 7.06.